The van der Waals surface area contributed by atoms with Crippen LogP contribution in [0.15, 0.2) is 47.1 Å². The van der Waals surface area contributed by atoms with Crippen LogP contribution < -0.4 is 5.73 Å². The highest BCUT2D eigenvalue weighted by Crippen LogP contribution is 2.18. The number of nitrogen functional groups attached to an aromatic ring is 1. The Bertz CT molecular complexity index is 651. The molecular weight excluding hydrogens is 276 g/mol. The molecule has 0 amide bonds. The number of furan rings is 1. The van der Waals surface area contributed by atoms with E-state index in [1.807, 2.05) is 0 Å². The van der Waals surface area contributed by atoms with E-state index in [9.17, 15) is 8.42 Å². The van der Waals surface area contributed by atoms with Gasteiger partial charge < -0.3 is 10.2 Å². The van der Waals surface area contributed by atoms with Crippen LogP contribution in [0.5, 0.6) is 0 Å². The molecule has 0 radical (unpaired) electrons. The molecule has 2 aromatic rings. The van der Waals surface area contributed by atoms with E-state index in [1.165, 1.54) is 10.6 Å². The molecule has 6 heteroatoms. The van der Waals surface area contributed by atoms with E-state index >= 15 is 0 Å². The predicted molar refractivity (Wildman–Crippen MR) is 78.3 cm³/mol. The van der Waals surface area contributed by atoms with E-state index in [0.29, 0.717) is 23.6 Å². The monoisotopic (exact) mass is 294 g/mol. The molecule has 0 fully saturated rings. The molecule has 108 valence electrons. The van der Waals surface area contributed by atoms with Gasteiger partial charge in [0.2, 0.25) is 10.0 Å². The number of hydrogen-bond donors (Lipinski definition) is 1. The smallest absolute Gasteiger partial charge is 0.218 e. The molecule has 0 spiro atoms. The first-order valence-corrected chi connectivity index (χ1v) is 7.97. The molecule has 0 bridgehead atoms. The van der Waals surface area contributed by atoms with Crippen molar-refractivity contribution < 1.29 is 12.8 Å². The van der Waals surface area contributed by atoms with Gasteiger partial charge in [-0.15, -0.1) is 0 Å². The van der Waals surface area contributed by atoms with E-state index in [-0.39, 0.29) is 12.3 Å². The second kappa shape index (κ2) is 6.11. The van der Waals surface area contributed by atoms with Crippen molar-refractivity contribution in [3.8, 4) is 0 Å². The molecule has 1 aromatic heterocycles. The second-order valence-corrected chi connectivity index (χ2v) is 6.43. The Morgan fingerprint density at radius 2 is 1.95 bits per heavy atom. The quantitative estimate of drug-likeness (QED) is 0.829. The van der Waals surface area contributed by atoms with Gasteiger partial charge in [0.05, 0.1) is 18.6 Å². The number of para-hydroxylation sites is 1. The number of anilines is 1. The maximum absolute atomic E-state index is 12.4. The van der Waals surface area contributed by atoms with Gasteiger partial charge in [-0.3, -0.25) is 0 Å². The molecule has 1 aromatic carbocycles. The lowest BCUT2D eigenvalue weighted by molar-refractivity contribution is 0.375. The molecule has 20 heavy (non-hydrogen) atoms. The topological polar surface area (TPSA) is 76.5 Å². The van der Waals surface area contributed by atoms with Crippen LogP contribution in [-0.2, 0) is 22.3 Å². The van der Waals surface area contributed by atoms with E-state index in [4.69, 9.17) is 10.2 Å². The first-order chi connectivity index (χ1) is 9.53. The van der Waals surface area contributed by atoms with Crippen molar-refractivity contribution in [2.75, 3.05) is 12.3 Å². The standard InChI is InChI=1S/C14H18N2O3S/c1-2-16(10-13-7-5-9-19-13)20(17,18)11-12-6-3-4-8-14(12)15/h3-9H,2,10-11,15H2,1H3. The largest absolute Gasteiger partial charge is 0.468 e. The summed E-state index contributed by atoms with van der Waals surface area (Å²) in [6.45, 7) is 2.42. The summed E-state index contributed by atoms with van der Waals surface area (Å²) >= 11 is 0. The lowest BCUT2D eigenvalue weighted by atomic mass is 10.2. The van der Waals surface area contributed by atoms with Crippen LogP contribution in [0.3, 0.4) is 0 Å². The number of hydrogen-bond acceptors (Lipinski definition) is 4. The Balaban J connectivity index is 2.17. The number of nitrogens with two attached hydrogens (primary N) is 1. The van der Waals surface area contributed by atoms with Crippen molar-refractivity contribution in [1.29, 1.82) is 0 Å². The third kappa shape index (κ3) is 3.40. The molecule has 2 rings (SSSR count). The van der Waals surface area contributed by atoms with Gasteiger partial charge in [0, 0.05) is 12.2 Å². The minimum absolute atomic E-state index is 0.103. The zero-order chi connectivity index (χ0) is 14.6. The van der Waals surface area contributed by atoms with Crippen LogP contribution in [0.2, 0.25) is 0 Å². The Morgan fingerprint density at radius 1 is 1.20 bits per heavy atom. The zero-order valence-electron chi connectivity index (χ0n) is 11.3. The Labute approximate surface area is 119 Å². The minimum Gasteiger partial charge on any atom is -0.468 e. The molecular formula is C14H18N2O3S. The van der Waals surface area contributed by atoms with Gasteiger partial charge in [-0.25, -0.2) is 8.42 Å². The predicted octanol–water partition coefficient (Wildman–Crippen LogP) is 2.21. The average Bonchev–Trinajstić information content (AvgIpc) is 2.91. The van der Waals surface area contributed by atoms with Crippen LogP contribution in [-0.4, -0.2) is 19.3 Å². The molecule has 0 aliphatic rings. The number of rotatable bonds is 6. The SMILES string of the molecule is CCN(Cc1ccco1)S(=O)(=O)Cc1ccccc1N. The van der Waals surface area contributed by atoms with Gasteiger partial charge >= 0.3 is 0 Å². The van der Waals surface area contributed by atoms with Crippen molar-refractivity contribution in [3.05, 3.63) is 54.0 Å². The molecule has 0 saturated heterocycles. The highest BCUT2D eigenvalue weighted by molar-refractivity contribution is 7.88. The fourth-order valence-corrected chi connectivity index (χ4v) is 3.49. The summed E-state index contributed by atoms with van der Waals surface area (Å²) in [4.78, 5) is 0. The van der Waals surface area contributed by atoms with Crippen molar-refractivity contribution >= 4 is 15.7 Å². The van der Waals surface area contributed by atoms with E-state index in [1.54, 1.807) is 43.3 Å². The highest BCUT2D eigenvalue weighted by Gasteiger charge is 2.22. The lowest BCUT2D eigenvalue weighted by Crippen LogP contribution is -2.31. The van der Waals surface area contributed by atoms with Gasteiger partial charge in [0.15, 0.2) is 0 Å². The summed E-state index contributed by atoms with van der Waals surface area (Å²) in [6.07, 6.45) is 1.53. The molecule has 0 atom stereocenters. The van der Waals surface area contributed by atoms with Crippen molar-refractivity contribution in [2.24, 2.45) is 0 Å². The summed E-state index contributed by atoms with van der Waals surface area (Å²) in [6, 6.07) is 10.5. The third-order valence-corrected chi connectivity index (χ3v) is 4.90. The van der Waals surface area contributed by atoms with Gasteiger partial charge in [-0.05, 0) is 23.8 Å². The van der Waals surface area contributed by atoms with Crippen molar-refractivity contribution in [2.45, 2.75) is 19.2 Å². The van der Waals surface area contributed by atoms with Gasteiger partial charge in [-0.1, -0.05) is 25.1 Å². The summed E-state index contributed by atoms with van der Waals surface area (Å²) in [5.74, 6) is 0.519. The van der Waals surface area contributed by atoms with Crippen LogP contribution in [0, 0.1) is 0 Å². The van der Waals surface area contributed by atoms with Gasteiger partial charge in [0.1, 0.15) is 5.76 Å². The summed E-state index contributed by atoms with van der Waals surface area (Å²) in [5, 5.41) is 0. The summed E-state index contributed by atoms with van der Waals surface area (Å²) in [5.41, 5.74) is 6.91. The molecule has 1 heterocycles. The summed E-state index contributed by atoms with van der Waals surface area (Å²) < 4.78 is 31.5. The normalized spacial score (nSPS) is 11.9. The zero-order valence-corrected chi connectivity index (χ0v) is 12.1. The molecule has 0 aliphatic heterocycles. The fourth-order valence-electron chi connectivity index (χ4n) is 1.94. The van der Waals surface area contributed by atoms with E-state index in [2.05, 4.69) is 0 Å². The molecule has 0 unspecified atom stereocenters. The fraction of sp³-hybridized carbons (Fsp3) is 0.286. The third-order valence-electron chi connectivity index (χ3n) is 3.05. The number of benzene rings is 1. The Hall–Kier alpha value is -1.79. The Morgan fingerprint density at radius 3 is 2.55 bits per heavy atom. The number of nitrogens with zero attached hydrogens (tertiary/aromatic N) is 1. The minimum atomic E-state index is -3.43. The van der Waals surface area contributed by atoms with E-state index < -0.39 is 10.0 Å². The lowest BCUT2D eigenvalue weighted by Gasteiger charge is -2.19. The van der Waals surface area contributed by atoms with Crippen LogP contribution >= 0.6 is 0 Å². The van der Waals surface area contributed by atoms with Gasteiger partial charge in [0.25, 0.3) is 0 Å². The maximum Gasteiger partial charge on any atom is 0.218 e. The molecule has 5 nitrogen and oxygen atoms in total. The summed E-state index contributed by atoms with van der Waals surface area (Å²) in [7, 11) is -3.43. The van der Waals surface area contributed by atoms with Crippen LogP contribution in [0.1, 0.15) is 18.2 Å². The highest BCUT2D eigenvalue weighted by atomic mass is 32.2. The first-order valence-electron chi connectivity index (χ1n) is 6.36. The average molecular weight is 294 g/mol. The molecule has 2 N–H and O–H groups in total. The van der Waals surface area contributed by atoms with Crippen LogP contribution in [0.4, 0.5) is 5.69 Å². The van der Waals surface area contributed by atoms with Crippen molar-refractivity contribution in [3.63, 3.8) is 0 Å². The Kier molecular flexibility index (Phi) is 4.46. The van der Waals surface area contributed by atoms with Crippen LogP contribution in [0.25, 0.3) is 0 Å². The second-order valence-electron chi connectivity index (χ2n) is 4.46. The van der Waals surface area contributed by atoms with Crippen molar-refractivity contribution in [1.82, 2.24) is 4.31 Å². The number of sulfonamides is 1. The maximum atomic E-state index is 12.4. The molecule has 0 aliphatic carbocycles. The molecule has 0 saturated carbocycles. The van der Waals surface area contributed by atoms with E-state index in [0.717, 1.165) is 0 Å². The van der Waals surface area contributed by atoms with Gasteiger partial charge in [-0.2, -0.15) is 4.31 Å². The first kappa shape index (κ1) is 14.6.